The summed E-state index contributed by atoms with van der Waals surface area (Å²) < 4.78 is 5.26. The maximum Gasteiger partial charge on any atom is 0.271 e. The first-order chi connectivity index (χ1) is 12.0. The van der Waals surface area contributed by atoms with E-state index in [0.717, 1.165) is 43.2 Å². The molecule has 0 spiro atoms. The molecule has 6 heteroatoms. The van der Waals surface area contributed by atoms with Gasteiger partial charge in [-0.05, 0) is 31.2 Å². The van der Waals surface area contributed by atoms with Crippen LogP contribution in [0.5, 0.6) is 5.75 Å². The average molecular weight is 340 g/mol. The van der Waals surface area contributed by atoms with Crippen LogP contribution in [0.25, 0.3) is 11.3 Å². The lowest BCUT2D eigenvalue weighted by molar-refractivity contribution is 0.0759. The van der Waals surface area contributed by atoms with Crippen LogP contribution in [0.2, 0.25) is 0 Å². The van der Waals surface area contributed by atoms with Gasteiger partial charge in [0.1, 0.15) is 11.4 Å². The predicted octanol–water partition coefficient (Wildman–Crippen LogP) is 2.11. The minimum Gasteiger partial charge on any atom is -0.497 e. The van der Waals surface area contributed by atoms with Crippen molar-refractivity contribution < 1.29 is 9.53 Å². The summed E-state index contributed by atoms with van der Waals surface area (Å²) in [4.78, 5) is 17.2. The second kappa shape index (κ2) is 5.88. The Morgan fingerprint density at radius 1 is 1.32 bits per heavy atom. The topological polar surface area (TPSA) is 61.5 Å². The molecule has 0 radical (unpaired) electrons. The van der Waals surface area contributed by atoms with E-state index in [9.17, 15) is 4.79 Å². The Morgan fingerprint density at radius 2 is 2.16 bits per heavy atom. The van der Waals surface area contributed by atoms with Crippen LogP contribution in [0.3, 0.4) is 0 Å². The number of amides is 1. The van der Waals surface area contributed by atoms with Crippen molar-refractivity contribution in [2.45, 2.75) is 6.92 Å². The number of carbonyl (C=O) groups excluding carboxylic acids is 1. The third-order valence-electron chi connectivity index (χ3n) is 5.60. The highest BCUT2D eigenvalue weighted by molar-refractivity contribution is 5.93. The zero-order valence-electron chi connectivity index (χ0n) is 15.0. The van der Waals surface area contributed by atoms with Crippen molar-refractivity contribution in [3.05, 3.63) is 36.0 Å². The number of aromatic nitrogens is 2. The monoisotopic (exact) mass is 340 g/mol. The fourth-order valence-corrected chi connectivity index (χ4v) is 4.32. The molecular weight excluding hydrogens is 316 g/mol. The Morgan fingerprint density at radius 3 is 2.92 bits per heavy atom. The molecule has 0 aliphatic carbocycles. The lowest BCUT2D eigenvalue weighted by Crippen LogP contribution is -2.34. The first-order valence-corrected chi connectivity index (χ1v) is 8.66. The Balaban J connectivity index is 1.52. The van der Waals surface area contributed by atoms with Gasteiger partial charge in [0.2, 0.25) is 0 Å². The number of rotatable bonds is 3. The minimum absolute atomic E-state index is 0.0416. The van der Waals surface area contributed by atoms with E-state index in [1.165, 1.54) is 0 Å². The zero-order chi connectivity index (χ0) is 17.6. The molecule has 2 aliphatic heterocycles. The first-order valence-electron chi connectivity index (χ1n) is 8.66. The van der Waals surface area contributed by atoms with Gasteiger partial charge in [-0.1, -0.05) is 19.1 Å². The summed E-state index contributed by atoms with van der Waals surface area (Å²) in [5.41, 5.74) is 2.45. The van der Waals surface area contributed by atoms with Crippen LogP contribution >= 0.6 is 0 Å². The molecule has 1 aromatic carbocycles. The van der Waals surface area contributed by atoms with Gasteiger partial charge in [0, 0.05) is 37.2 Å². The van der Waals surface area contributed by atoms with Crippen molar-refractivity contribution in [3.63, 3.8) is 0 Å². The smallest absolute Gasteiger partial charge is 0.271 e. The molecule has 2 atom stereocenters. The maximum absolute atomic E-state index is 12.9. The van der Waals surface area contributed by atoms with Crippen molar-refractivity contribution in [1.29, 1.82) is 0 Å². The third kappa shape index (κ3) is 2.80. The predicted molar refractivity (Wildman–Crippen MR) is 95.6 cm³/mol. The Kier molecular flexibility index (Phi) is 3.80. The molecule has 1 amide bonds. The Hall–Kier alpha value is -2.34. The molecular formula is C19H24N4O2. The van der Waals surface area contributed by atoms with Gasteiger partial charge in [-0.25, -0.2) is 0 Å². The van der Waals surface area contributed by atoms with Crippen LogP contribution in [-0.4, -0.2) is 66.2 Å². The van der Waals surface area contributed by atoms with E-state index in [1.807, 2.05) is 35.2 Å². The van der Waals surface area contributed by atoms with Crippen LogP contribution in [0.1, 0.15) is 17.4 Å². The van der Waals surface area contributed by atoms with E-state index in [-0.39, 0.29) is 11.3 Å². The number of nitrogens with zero attached hydrogens (tertiary/aromatic N) is 3. The number of hydrogen-bond acceptors (Lipinski definition) is 4. The summed E-state index contributed by atoms with van der Waals surface area (Å²) >= 11 is 0. The third-order valence-corrected chi connectivity index (χ3v) is 5.60. The molecule has 1 aromatic heterocycles. The molecule has 6 nitrogen and oxygen atoms in total. The number of aromatic amines is 1. The van der Waals surface area contributed by atoms with Crippen LogP contribution in [0.15, 0.2) is 30.3 Å². The van der Waals surface area contributed by atoms with E-state index < -0.39 is 0 Å². The molecule has 0 unspecified atom stereocenters. The van der Waals surface area contributed by atoms with Gasteiger partial charge in [-0.2, -0.15) is 5.10 Å². The highest BCUT2D eigenvalue weighted by Gasteiger charge is 2.49. The normalized spacial score (nSPS) is 26.0. The highest BCUT2D eigenvalue weighted by atomic mass is 16.5. The molecule has 25 heavy (non-hydrogen) atoms. The summed E-state index contributed by atoms with van der Waals surface area (Å²) in [5.74, 6) is 1.37. The molecule has 2 aliphatic rings. The second-order valence-electron chi connectivity index (χ2n) is 7.63. The molecule has 2 saturated heterocycles. The second-order valence-corrected chi connectivity index (χ2v) is 7.63. The number of nitrogens with one attached hydrogen (secondary N) is 1. The molecule has 0 bridgehead atoms. The fraction of sp³-hybridized carbons (Fsp3) is 0.474. The number of ether oxygens (including phenoxy) is 1. The summed E-state index contributed by atoms with van der Waals surface area (Å²) in [5, 5.41) is 7.23. The summed E-state index contributed by atoms with van der Waals surface area (Å²) in [6.45, 7) is 6.06. The van der Waals surface area contributed by atoms with Crippen molar-refractivity contribution >= 4 is 5.91 Å². The number of H-pyrrole nitrogens is 1. The SMILES string of the molecule is COc1cccc(-c2cc(C(=O)N3C[C@@H]4CN(C)C[C@]4(C)C3)[nH]n2)c1. The molecule has 3 heterocycles. The quantitative estimate of drug-likeness (QED) is 0.930. The maximum atomic E-state index is 12.9. The number of methoxy groups -OCH3 is 1. The van der Waals surface area contributed by atoms with Crippen LogP contribution in [0, 0.1) is 11.3 Å². The van der Waals surface area contributed by atoms with E-state index in [0.29, 0.717) is 11.6 Å². The van der Waals surface area contributed by atoms with Gasteiger partial charge in [0.15, 0.2) is 0 Å². The van der Waals surface area contributed by atoms with Crippen molar-refractivity contribution in [1.82, 2.24) is 20.0 Å². The zero-order valence-corrected chi connectivity index (χ0v) is 15.0. The number of carbonyl (C=O) groups is 1. The van der Waals surface area contributed by atoms with Crippen LogP contribution in [0.4, 0.5) is 0 Å². The molecule has 1 N–H and O–H groups in total. The number of likely N-dealkylation sites (tertiary alicyclic amines) is 2. The van der Waals surface area contributed by atoms with Crippen molar-refractivity contribution in [3.8, 4) is 17.0 Å². The Labute approximate surface area is 147 Å². The number of fused-ring (bicyclic) bond motifs is 1. The standard InChI is InChI=1S/C19H24N4O2/c1-19-11-22(2)9-14(19)10-23(12-19)18(24)17-8-16(20-21-17)13-5-4-6-15(7-13)25-3/h4-8,14H,9-12H2,1-3H3,(H,20,21)/t14-,19+/m0/s1. The van der Waals surface area contributed by atoms with Gasteiger partial charge in [-0.15, -0.1) is 0 Å². The van der Waals surface area contributed by atoms with E-state index in [2.05, 4.69) is 29.1 Å². The lowest BCUT2D eigenvalue weighted by atomic mass is 9.83. The van der Waals surface area contributed by atoms with Gasteiger partial charge in [0.05, 0.1) is 12.8 Å². The van der Waals surface area contributed by atoms with Crippen LogP contribution < -0.4 is 4.74 Å². The molecule has 2 aromatic rings. The fourth-order valence-electron chi connectivity index (χ4n) is 4.32. The molecule has 4 rings (SSSR count). The van der Waals surface area contributed by atoms with Gasteiger partial charge >= 0.3 is 0 Å². The van der Waals surface area contributed by atoms with Crippen molar-refractivity contribution in [2.24, 2.45) is 11.3 Å². The molecule has 0 saturated carbocycles. The first kappa shape index (κ1) is 16.1. The van der Waals surface area contributed by atoms with E-state index in [1.54, 1.807) is 7.11 Å². The van der Waals surface area contributed by atoms with Gasteiger partial charge in [-0.3, -0.25) is 9.89 Å². The average Bonchev–Trinajstić information content (AvgIpc) is 3.26. The Bertz CT molecular complexity index is 802. The number of hydrogen-bond donors (Lipinski definition) is 1. The van der Waals surface area contributed by atoms with Crippen LogP contribution in [-0.2, 0) is 0 Å². The van der Waals surface area contributed by atoms with E-state index >= 15 is 0 Å². The molecule has 132 valence electrons. The largest absolute Gasteiger partial charge is 0.497 e. The van der Waals surface area contributed by atoms with E-state index in [4.69, 9.17) is 4.74 Å². The summed E-state index contributed by atoms with van der Waals surface area (Å²) in [7, 11) is 3.80. The van der Waals surface area contributed by atoms with Gasteiger partial charge < -0.3 is 14.5 Å². The molecule has 2 fully saturated rings. The number of benzene rings is 1. The highest BCUT2D eigenvalue weighted by Crippen LogP contribution is 2.41. The minimum atomic E-state index is 0.0416. The van der Waals surface area contributed by atoms with Crippen molar-refractivity contribution in [2.75, 3.05) is 40.3 Å². The lowest BCUT2D eigenvalue weighted by Gasteiger charge is -2.23. The summed E-state index contributed by atoms with van der Waals surface area (Å²) in [6, 6.07) is 9.53. The summed E-state index contributed by atoms with van der Waals surface area (Å²) in [6.07, 6.45) is 0. The van der Waals surface area contributed by atoms with Gasteiger partial charge in [0.25, 0.3) is 5.91 Å².